The summed E-state index contributed by atoms with van der Waals surface area (Å²) in [7, 11) is 3.19. The fourth-order valence-corrected chi connectivity index (χ4v) is 1.50. The van der Waals surface area contributed by atoms with E-state index in [1.807, 2.05) is 0 Å². The number of hydrogen-bond acceptors (Lipinski definition) is 5. The van der Waals surface area contributed by atoms with Gasteiger partial charge in [0, 0.05) is 33.7 Å². The van der Waals surface area contributed by atoms with Crippen LogP contribution in [0.25, 0.3) is 0 Å². The number of hydrogen-bond donors (Lipinski definition) is 3. The molecular formula is C11H20N4O3. The highest BCUT2D eigenvalue weighted by Gasteiger charge is 2.23. The smallest absolute Gasteiger partial charge is 0.271 e. The summed E-state index contributed by atoms with van der Waals surface area (Å²) in [4.78, 5) is 11.9. The number of nitrogens with zero attached hydrogens (tertiary/aromatic N) is 2. The van der Waals surface area contributed by atoms with E-state index in [1.54, 1.807) is 21.1 Å². The first-order chi connectivity index (χ1) is 8.37. The number of anilines is 1. The lowest BCUT2D eigenvalue weighted by Crippen LogP contribution is -2.42. The predicted molar refractivity (Wildman–Crippen MR) is 67.1 cm³/mol. The van der Waals surface area contributed by atoms with Gasteiger partial charge in [0.05, 0.1) is 17.5 Å². The molecule has 7 heteroatoms. The Morgan fingerprint density at radius 3 is 2.89 bits per heavy atom. The standard InChI is InChI=1S/C11H20N4O3/c1-11(17,4-5-18-3)7-13-10(16)9-8(12)6-14-15(9)2/h6,17H,4-5,7,12H2,1-3H3,(H,13,16). The number of carbonyl (C=O) groups excluding carboxylic acids is 1. The third-order valence-corrected chi connectivity index (χ3v) is 2.66. The van der Waals surface area contributed by atoms with Gasteiger partial charge in [-0.05, 0) is 6.92 Å². The Bertz CT molecular complexity index is 395. The number of aryl methyl sites for hydroxylation is 1. The van der Waals surface area contributed by atoms with Crippen molar-refractivity contribution in [3.05, 3.63) is 11.9 Å². The quantitative estimate of drug-likeness (QED) is 0.638. The molecule has 0 saturated heterocycles. The van der Waals surface area contributed by atoms with E-state index < -0.39 is 5.60 Å². The molecule has 4 N–H and O–H groups in total. The summed E-state index contributed by atoms with van der Waals surface area (Å²) >= 11 is 0. The fraction of sp³-hybridized carbons (Fsp3) is 0.636. The molecule has 18 heavy (non-hydrogen) atoms. The van der Waals surface area contributed by atoms with Crippen molar-refractivity contribution >= 4 is 11.6 Å². The molecule has 0 spiro atoms. The van der Waals surface area contributed by atoms with Crippen molar-refractivity contribution in [1.29, 1.82) is 0 Å². The maximum Gasteiger partial charge on any atom is 0.271 e. The number of rotatable bonds is 6. The lowest BCUT2D eigenvalue weighted by Gasteiger charge is -2.23. The molecule has 0 saturated carbocycles. The first kappa shape index (κ1) is 14.5. The molecule has 0 radical (unpaired) electrons. The number of aliphatic hydroxyl groups is 1. The minimum absolute atomic E-state index is 0.125. The van der Waals surface area contributed by atoms with E-state index in [4.69, 9.17) is 10.5 Å². The van der Waals surface area contributed by atoms with Crippen LogP contribution in [0.1, 0.15) is 23.8 Å². The first-order valence-corrected chi connectivity index (χ1v) is 5.64. The first-order valence-electron chi connectivity index (χ1n) is 5.64. The van der Waals surface area contributed by atoms with Gasteiger partial charge in [-0.3, -0.25) is 9.48 Å². The SMILES string of the molecule is COCCC(C)(O)CNC(=O)c1c(N)cnn1C. The maximum absolute atomic E-state index is 11.9. The summed E-state index contributed by atoms with van der Waals surface area (Å²) in [6.07, 6.45) is 1.85. The Morgan fingerprint density at radius 2 is 2.39 bits per heavy atom. The van der Waals surface area contributed by atoms with Crippen molar-refractivity contribution in [3.63, 3.8) is 0 Å². The number of ether oxygens (including phenoxy) is 1. The second kappa shape index (κ2) is 5.83. The van der Waals surface area contributed by atoms with Gasteiger partial charge in [-0.2, -0.15) is 5.10 Å². The van der Waals surface area contributed by atoms with Gasteiger partial charge in [0.1, 0.15) is 5.69 Å². The summed E-state index contributed by atoms with van der Waals surface area (Å²) in [5.74, 6) is -0.356. The van der Waals surface area contributed by atoms with E-state index in [0.29, 0.717) is 18.7 Å². The Morgan fingerprint density at radius 1 is 1.72 bits per heavy atom. The maximum atomic E-state index is 11.9. The molecule has 102 valence electrons. The minimum Gasteiger partial charge on any atom is -0.396 e. The van der Waals surface area contributed by atoms with E-state index in [2.05, 4.69) is 10.4 Å². The van der Waals surface area contributed by atoms with Crippen LogP contribution in [0.2, 0.25) is 0 Å². The van der Waals surface area contributed by atoms with Crippen LogP contribution in [-0.2, 0) is 11.8 Å². The molecular weight excluding hydrogens is 236 g/mol. The normalized spacial score (nSPS) is 14.2. The zero-order valence-corrected chi connectivity index (χ0v) is 10.9. The van der Waals surface area contributed by atoms with E-state index in [0.717, 1.165) is 0 Å². The second-order valence-electron chi connectivity index (χ2n) is 4.49. The summed E-state index contributed by atoms with van der Waals surface area (Å²) in [5, 5.41) is 16.5. The number of nitrogens with two attached hydrogens (primary N) is 1. The average Bonchev–Trinajstić information content (AvgIpc) is 2.64. The Balaban J connectivity index is 2.56. The molecule has 1 aromatic rings. The van der Waals surface area contributed by atoms with Crippen LogP contribution in [0, 0.1) is 0 Å². The Hall–Kier alpha value is -1.60. The van der Waals surface area contributed by atoms with Gasteiger partial charge >= 0.3 is 0 Å². The summed E-state index contributed by atoms with van der Waals surface area (Å²) < 4.78 is 6.29. The van der Waals surface area contributed by atoms with Crippen LogP contribution in [0.15, 0.2) is 6.20 Å². The number of nitrogens with one attached hydrogen (secondary N) is 1. The van der Waals surface area contributed by atoms with Crippen molar-refractivity contribution in [3.8, 4) is 0 Å². The molecule has 1 aromatic heterocycles. The summed E-state index contributed by atoms with van der Waals surface area (Å²) in [6, 6.07) is 0. The van der Waals surface area contributed by atoms with Crippen molar-refractivity contribution in [2.75, 3.05) is 26.0 Å². The molecule has 0 fully saturated rings. The van der Waals surface area contributed by atoms with Crippen LogP contribution in [-0.4, -0.2) is 46.7 Å². The molecule has 1 amide bonds. The molecule has 0 aliphatic rings. The van der Waals surface area contributed by atoms with Gasteiger partial charge in [-0.1, -0.05) is 0 Å². The van der Waals surface area contributed by atoms with Gasteiger partial charge in [0.25, 0.3) is 5.91 Å². The van der Waals surface area contributed by atoms with Gasteiger partial charge < -0.3 is 20.9 Å². The summed E-state index contributed by atoms with van der Waals surface area (Å²) in [5.41, 5.74) is 5.22. The van der Waals surface area contributed by atoms with Crippen LogP contribution in [0.5, 0.6) is 0 Å². The average molecular weight is 256 g/mol. The molecule has 1 unspecified atom stereocenters. The lowest BCUT2D eigenvalue weighted by atomic mass is 10.0. The zero-order chi connectivity index (χ0) is 13.8. The Labute approximate surface area is 106 Å². The molecule has 0 aliphatic carbocycles. The highest BCUT2D eigenvalue weighted by Crippen LogP contribution is 2.11. The van der Waals surface area contributed by atoms with Gasteiger partial charge in [-0.25, -0.2) is 0 Å². The lowest BCUT2D eigenvalue weighted by molar-refractivity contribution is 0.0242. The Kier molecular flexibility index (Phi) is 4.69. The van der Waals surface area contributed by atoms with E-state index in [-0.39, 0.29) is 18.1 Å². The molecule has 1 atom stereocenters. The van der Waals surface area contributed by atoms with Crippen LogP contribution in [0.4, 0.5) is 5.69 Å². The molecule has 0 aromatic carbocycles. The topological polar surface area (TPSA) is 102 Å². The van der Waals surface area contributed by atoms with E-state index >= 15 is 0 Å². The summed E-state index contributed by atoms with van der Waals surface area (Å²) in [6.45, 7) is 2.19. The van der Waals surface area contributed by atoms with Gasteiger partial charge in [-0.15, -0.1) is 0 Å². The highest BCUT2D eigenvalue weighted by atomic mass is 16.5. The van der Waals surface area contributed by atoms with Gasteiger partial charge in [0.15, 0.2) is 0 Å². The second-order valence-corrected chi connectivity index (χ2v) is 4.49. The highest BCUT2D eigenvalue weighted by molar-refractivity contribution is 5.97. The third-order valence-electron chi connectivity index (χ3n) is 2.66. The molecule has 1 heterocycles. The third kappa shape index (κ3) is 3.71. The molecule has 7 nitrogen and oxygen atoms in total. The predicted octanol–water partition coefficient (Wildman–Crippen LogP) is -0.480. The van der Waals surface area contributed by atoms with E-state index in [9.17, 15) is 9.90 Å². The number of methoxy groups -OCH3 is 1. The molecule has 0 aliphatic heterocycles. The van der Waals surface area contributed by atoms with E-state index in [1.165, 1.54) is 10.9 Å². The fourth-order valence-electron chi connectivity index (χ4n) is 1.50. The van der Waals surface area contributed by atoms with Crippen molar-refractivity contribution in [2.45, 2.75) is 18.9 Å². The number of aromatic nitrogens is 2. The molecule has 1 rings (SSSR count). The largest absolute Gasteiger partial charge is 0.396 e. The number of carbonyl (C=O) groups is 1. The van der Waals surface area contributed by atoms with Crippen LogP contribution in [0.3, 0.4) is 0 Å². The van der Waals surface area contributed by atoms with Crippen LogP contribution < -0.4 is 11.1 Å². The monoisotopic (exact) mass is 256 g/mol. The number of amides is 1. The minimum atomic E-state index is -1.01. The number of nitrogen functional groups attached to an aromatic ring is 1. The zero-order valence-electron chi connectivity index (χ0n) is 10.9. The van der Waals surface area contributed by atoms with Crippen LogP contribution >= 0.6 is 0 Å². The van der Waals surface area contributed by atoms with Crippen molar-refractivity contribution < 1.29 is 14.6 Å². The molecule has 0 bridgehead atoms. The van der Waals surface area contributed by atoms with Crippen molar-refractivity contribution in [2.24, 2.45) is 7.05 Å². The van der Waals surface area contributed by atoms with Gasteiger partial charge in [0.2, 0.25) is 0 Å². The van der Waals surface area contributed by atoms with Crippen molar-refractivity contribution in [1.82, 2.24) is 15.1 Å².